The number of amides is 1. The van der Waals surface area contributed by atoms with Crippen LogP contribution >= 0.6 is 0 Å². The molecule has 5 nitrogen and oxygen atoms in total. The maximum absolute atomic E-state index is 12.9. The minimum atomic E-state index is -0.529. The van der Waals surface area contributed by atoms with Gasteiger partial charge in [0.1, 0.15) is 11.3 Å². The number of H-pyrrole nitrogens is 1. The summed E-state index contributed by atoms with van der Waals surface area (Å²) in [5.74, 6) is 1.45. The van der Waals surface area contributed by atoms with E-state index in [1.807, 2.05) is 0 Å². The molecule has 5 heteroatoms. The van der Waals surface area contributed by atoms with Gasteiger partial charge in [-0.1, -0.05) is 12.1 Å². The normalized spacial score (nSPS) is 32.9. The average Bonchev–Trinajstić information content (AvgIpc) is 2.53. The first-order valence-corrected chi connectivity index (χ1v) is 9.19. The third kappa shape index (κ3) is 2.29. The van der Waals surface area contributed by atoms with Gasteiger partial charge in [-0.3, -0.25) is 9.59 Å². The van der Waals surface area contributed by atoms with E-state index in [1.54, 1.807) is 24.3 Å². The average molecular weight is 338 g/mol. The van der Waals surface area contributed by atoms with Crippen LogP contribution in [0.3, 0.4) is 0 Å². The van der Waals surface area contributed by atoms with Gasteiger partial charge in [0.05, 0.1) is 5.52 Å². The molecule has 4 bridgehead atoms. The summed E-state index contributed by atoms with van der Waals surface area (Å²) in [6.07, 6.45) is 6.90. The van der Waals surface area contributed by atoms with Crippen LogP contribution in [0.4, 0.5) is 0 Å². The van der Waals surface area contributed by atoms with E-state index in [0.29, 0.717) is 28.7 Å². The number of aromatic amines is 1. The van der Waals surface area contributed by atoms with Crippen molar-refractivity contribution >= 4 is 16.8 Å². The molecule has 1 aromatic heterocycles. The van der Waals surface area contributed by atoms with Gasteiger partial charge in [-0.05, 0) is 68.4 Å². The molecule has 1 heterocycles. The van der Waals surface area contributed by atoms with Crippen LogP contribution in [-0.4, -0.2) is 21.5 Å². The lowest BCUT2D eigenvalue weighted by Gasteiger charge is -2.56. The maximum atomic E-state index is 12.9. The minimum absolute atomic E-state index is 0.158. The van der Waals surface area contributed by atoms with Gasteiger partial charge in [0.25, 0.3) is 11.5 Å². The molecule has 0 saturated heterocycles. The molecule has 4 aliphatic carbocycles. The molecule has 25 heavy (non-hydrogen) atoms. The summed E-state index contributed by atoms with van der Waals surface area (Å²) in [7, 11) is 0. The van der Waals surface area contributed by atoms with Crippen molar-refractivity contribution in [3.05, 3.63) is 40.2 Å². The zero-order chi connectivity index (χ0) is 17.2. The van der Waals surface area contributed by atoms with E-state index in [4.69, 9.17) is 0 Å². The molecule has 1 aromatic carbocycles. The lowest BCUT2D eigenvalue weighted by molar-refractivity contribution is -0.0167. The highest BCUT2D eigenvalue weighted by Crippen LogP contribution is 2.55. The third-order valence-corrected chi connectivity index (χ3v) is 6.54. The van der Waals surface area contributed by atoms with E-state index < -0.39 is 11.5 Å². The fourth-order valence-electron chi connectivity index (χ4n) is 6.00. The Morgan fingerprint density at radius 3 is 2.32 bits per heavy atom. The Morgan fingerprint density at radius 1 is 1.08 bits per heavy atom. The minimum Gasteiger partial charge on any atom is -0.506 e. The van der Waals surface area contributed by atoms with Crippen molar-refractivity contribution < 1.29 is 9.90 Å². The molecule has 4 fully saturated rings. The van der Waals surface area contributed by atoms with Crippen LogP contribution in [0.15, 0.2) is 29.1 Å². The predicted molar refractivity (Wildman–Crippen MR) is 94.6 cm³/mol. The van der Waals surface area contributed by atoms with E-state index in [2.05, 4.69) is 10.3 Å². The monoisotopic (exact) mass is 338 g/mol. The number of hydrogen-bond donors (Lipinski definition) is 3. The Hall–Kier alpha value is -2.30. The Balaban J connectivity index is 1.51. The molecule has 0 unspecified atom stereocenters. The summed E-state index contributed by atoms with van der Waals surface area (Å²) in [5, 5.41) is 14.2. The highest BCUT2D eigenvalue weighted by atomic mass is 16.3. The van der Waals surface area contributed by atoms with Gasteiger partial charge in [0, 0.05) is 10.9 Å². The van der Waals surface area contributed by atoms with Crippen LogP contribution in [0.2, 0.25) is 0 Å². The first-order valence-electron chi connectivity index (χ1n) is 9.19. The number of carbonyl (C=O) groups excluding carboxylic acids is 1. The smallest absolute Gasteiger partial charge is 0.265 e. The molecule has 3 N–H and O–H groups in total. The number of aromatic nitrogens is 1. The second-order valence-corrected chi connectivity index (χ2v) is 8.38. The number of benzene rings is 1. The van der Waals surface area contributed by atoms with Crippen molar-refractivity contribution in [1.82, 2.24) is 10.3 Å². The largest absolute Gasteiger partial charge is 0.506 e. The summed E-state index contributed by atoms with van der Waals surface area (Å²) in [6.45, 7) is 0. The Kier molecular flexibility index (Phi) is 3.06. The molecule has 0 radical (unpaired) electrons. The van der Waals surface area contributed by atoms with Crippen molar-refractivity contribution in [3.8, 4) is 5.75 Å². The van der Waals surface area contributed by atoms with E-state index in [9.17, 15) is 14.7 Å². The van der Waals surface area contributed by atoms with Gasteiger partial charge < -0.3 is 15.4 Å². The number of fused-ring (bicyclic) bond motifs is 1. The number of hydrogen-bond acceptors (Lipinski definition) is 3. The molecule has 0 atom stereocenters. The van der Waals surface area contributed by atoms with Gasteiger partial charge in [0.15, 0.2) is 0 Å². The first kappa shape index (κ1) is 15.0. The van der Waals surface area contributed by atoms with Gasteiger partial charge in [-0.15, -0.1) is 0 Å². The van der Waals surface area contributed by atoms with Crippen LogP contribution in [0.5, 0.6) is 5.75 Å². The van der Waals surface area contributed by atoms with E-state index >= 15 is 0 Å². The van der Waals surface area contributed by atoms with Crippen molar-refractivity contribution in [3.63, 3.8) is 0 Å². The van der Waals surface area contributed by atoms with E-state index in [0.717, 1.165) is 19.3 Å². The van der Waals surface area contributed by atoms with Gasteiger partial charge in [-0.25, -0.2) is 0 Å². The van der Waals surface area contributed by atoms with Crippen LogP contribution in [0.1, 0.15) is 48.9 Å². The maximum Gasteiger partial charge on any atom is 0.265 e. The lowest BCUT2D eigenvalue weighted by Crippen LogP contribution is -2.60. The van der Waals surface area contributed by atoms with E-state index in [1.165, 1.54) is 19.3 Å². The molecule has 6 rings (SSSR count). The molecule has 0 aliphatic heterocycles. The summed E-state index contributed by atoms with van der Waals surface area (Å²) in [5.41, 5.74) is -0.333. The number of para-hydroxylation sites is 1. The Bertz CT molecular complexity index is 895. The summed E-state index contributed by atoms with van der Waals surface area (Å²) < 4.78 is 0. The SMILES string of the molecule is O=C(NC12CC3CC(CC(C3)C1)C2)c1c(O)c2ccccc2[nH]c1=O. The predicted octanol–water partition coefficient (Wildman–Crippen LogP) is 2.93. The fraction of sp³-hybridized carbons (Fsp3) is 0.500. The molecule has 130 valence electrons. The Labute approximate surface area is 145 Å². The molecule has 4 aliphatic rings. The quantitative estimate of drug-likeness (QED) is 0.787. The number of pyridine rings is 1. The van der Waals surface area contributed by atoms with E-state index in [-0.39, 0.29) is 16.9 Å². The zero-order valence-corrected chi connectivity index (χ0v) is 14.0. The zero-order valence-electron chi connectivity index (χ0n) is 14.0. The molecular weight excluding hydrogens is 316 g/mol. The van der Waals surface area contributed by atoms with Crippen molar-refractivity contribution in [2.75, 3.05) is 0 Å². The molecule has 4 saturated carbocycles. The number of nitrogens with one attached hydrogen (secondary N) is 2. The van der Waals surface area contributed by atoms with Crippen molar-refractivity contribution in [2.24, 2.45) is 17.8 Å². The van der Waals surface area contributed by atoms with Crippen molar-refractivity contribution in [1.29, 1.82) is 0 Å². The topological polar surface area (TPSA) is 82.2 Å². The number of rotatable bonds is 2. The van der Waals surface area contributed by atoms with Gasteiger partial charge in [-0.2, -0.15) is 0 Å². The van der Waals surface area contributed by atoms with Gasteiger partial charge >= 0.3 is 0 Å². The Morgan fingerprint density at radius 2 is 1.68 bits per heavy atom. The standard InChI is InChI=1S/C20H22N2O3/c23-17-14-3-1-2-4-15(14)21-18(24)16(17)19(25)22-20-8-11-5-12(9-20)7-13(6-11)10-20/h1-4,11-13H,5-10H2,(H,22,25)(H2,21,23,24). The summed E-state index contributed by atoms with van der Waals surface area (Å²) in [4.78, 5) is 28.0. The summed E-state index contributed by atoms with van der Waals surface area (Å²) in [6, 6.07) is 6.99. The number of aromatic hydroxyl groups is 1. The first-order chi connectivity index (χ1) is 12.0. The molecule has 0 spiro atoms. The lowest BCUT2D eigenvalue weighted by atomic mass is 9.53. The second kappa shape index (κ2) is 5.10. The molecule has 2 aromatic rings. The van der Waals surface area contributed by atoms with Crippen LogP contribution in [0, 0.1) is 17.8 Å². The van der Waals surface area contributed by atoms with Crippen LogP contribution in [0.25, 0.3) is 10.9 Å². The second-order valence-electron chi connectivity index (χ2n) is 8.38. The van der Waals surface area contributed by atoms with Gasteiger partial charge in [0.2, 0.25) is 0 Å². The molecule has 1 amide bonds. The van der Waals surface area contributed by atoms with Crippen LogP contribution in [-0.2, 0) is 0 Å². The summed E-state index contributed by atoms with van der Waals surface area (Å²) >= 11 is 0. The fourth-order valence-corrected chi connectivity index (χ4v) is 6.00. The van der Waals surface area contributed by atoms with Crippen LogP contribution < -0.4 is 10.9 Å². The molecular formula is C20H22N2O3. The van der Waals surface area contributed by atoms with Crippen molar-refractivity contribution in [2.45, 2.75) is 44.1 Å². The highest BCUT2D eigenvalue weighted by Gasteiger charge is 2.51. The highest BCUT2D eigenvalue weighted by molar-refractivity contribution is 6.02. The number of carbonyl (C=O) groups is 1. The third-order valence-electron chi connectivity index (χ3n) is 6.54.